The summed E-state index contributed by atoms with van der Waals surface area (Å²) < 4.78 is 25.6. The molecular formula is C45H72FN5O6S. The number of benzene rings is 1. The fraction of sp³-hybridized carbons (Fsp3) is 0.711. The third kappa shape index (κ3) is 14.8. The molecule has 2 amide bonds. The number of nitrogens with zero attached hydrogens (tertiary/aromatic N) is 3. The van der Waals surface area contributed by atoms with Gasteiger partial charge in [0.2, 0.25) is 5.91 Å². The molecule has 1 aromatic carbocycles. The highest BCUT2D eigenvalue weighted by Gasteiger charge is 2.38. The lowest BCUT2D eigenvalue weighted by molar-refractivity contribution is -0.152. The molecule has 11 nitrogen and oxygen atoms in total. The molecule has 2 heterocycles. The van der Waals surface area contributed by atoms with E-state index in [1.807, 2.05) is 18.9 Å². The summed E-state index contributed by atoms with van der Waals surface area (Å²) in [5.74, 6) is -1.80. The number of halogens is 1. The van der Waals surface area contributed by atoms with Crippen molar-refractivity contribution in [2.24, 2.45) is 29.4 Å². The number of thiazole rings is 1. The summed E-state index contributed by atoms with van der Waals surface area (Å²) in [4.78, 5) is 64.1. The van der Waals surface area contributed by atoms with E-state index in [9.17, 15) is 23.6 Å². The van der Waals surface area contributed by atoms with Crippen molar-refractivity contribution < 1.29 is 33.0 Å². The van der Waals surface area contributed by atoms with E-state index in [0.717, 1.165) is 50.6 Å². The molecule has 0 aliphatic carbocycles. The molecule has 58 heavy (non-hydrogen) atoms. The van der Waals surface area contributed by atoms with Gasteiger partial charge in [0.1, 0.15) is 28.7 Å². The Kier molecular flexibility index (Phi) is 20.9. The summed E-state index contributed by atoms with van der Waals surface area (Å²) in [7, 11) is 2.01. The van der Waals surface area contributed by atoms with Crippen molar-refractivity contribution in [3.63, 3.8) is 0 Å². The SMILES string of the molecule is CCCO[C@H](C[C@H](C(C)C)N(CCC)C(=O)[C@@H](CC(=O)[C@H]1CCCCN1C)[C@@H](C)CC)c1nc(C(=O)N[C@@H](Cc2ccc(F)cc2)C[C@H](C)C(=O)OC(C)CN)cs1. The van der Waals surface area contributed by atoms with Crippen LogP contribution in [0.3, 0.4) is 0 Å². The van der Waals surface area contributed by atoms with Gasteiger partial charge < -0.3 is 25.4 Å². The first-order valence-electron chi connectivity index (χ1n) is 21.7. The van der Waals surface area contributed by atoms with E-state index in [1.54, 1.807) is 31.4 Å². The quantitative estimate of drug-likeness (QED) is 0.0960. The van der Waals surface area contributed by atoms with Crippen LogP contribution in [0.4, 0.5) is 4.39 Å². The number of likely N-dealkylation sites (N-methyl/N-ethyl adjacent to an activating group) is 1. The normalized spacial score (nSPS) is 18.4. The lowest BCUT2D eigenvalue weighted by Crippen LogP contribution is -2.50. The summed E-state index contributed by atoms with van der Waals surface area (Å²) in [5.41, 5.74) is 6.70. The Balaban J connectivity index is 1.87. The maximum absolute atomic E-state index is 14.7. The van der Waals surface area contributed by atoms with Crippen LogP contribution < -0.4 is 11.1 Å². The van der Waals surface area contributed by atoms with Crippen molar-refractivity contribution in [3.05, 3.63) is 51.7 Å². The molecule has 1 unspecified atom stereocenters. The Labute approximate surface area is 351 Å². The van der Waals surface area contributed by atoms with Crippen LogP contribution in [0.2, 0.25) is 0 Å². The standard InChI is InChI=1S/C45H72FN5O6S/c1-10-20-51(44(54)36(30(6)12-3)25-40(52)38-15-13-14-21-50(38)9)39(29(4)5)26-41(56-22-11-2)43-49-37(28-58-43)42(53)48-35(24-33-16-18-34(46)19-17-33)23-31(7)45(55)57-32(8)27-47/h16-19,28-32,35-36,38-39,41H,10-15,20-27,47H2,1-9H3,(H,48,53)/t30-,31-,32?,35+,36-,38+,39+,41+/m0/s1. The minimum Gasteiger partial charge on any atom is -0.461 e. The highest BCUT2D eigenvalue weighted by molar-refractivity contribution is 7.09. The van der Waals surface area contributed by atoms with Crippen LogP contribution in [-0.2, 0) is 30.3 Å². The third-order valence-corrected chi connectivity index (χ3v) is 12.5. The number of piperidine rings is 1. The first-order chi connectivity index (χ1) is 27.6. The molecule has 1 saturated heterocycles. The molecule has 8 atom stereocenters. The Morgan fingerprint density at radius 1 is 1.03 bits per heavy atom. The molecule has 0 bridgehead atoms. The number of rotatable bonds is 25. The number of amides is 2. The Hall–Kier alpha value is -3.26. The average Bonchev–Trinajstić information content (AvgIpc) is 3.70. The number of ether oxygens (including phenoxy) is 2. The second-order valence-electron chi connectivity index (χ2n) is 16.8. The average molecular weight is 830 g/mol. The number of ketones is 1. The first-order valence-corrected chi connectivity index (χ1v) is 22.6. The topological polar surface area (TPSA) is 144 Å². The second kappa shape index (κ2) is 24.7. The Bertz CT molecular complexity index is 1570. The van der Waals surface area contributed by atoms with Gasteiger partial charge >= 0.3 is 5.97 Å². The monoisotopic (exact) mass is 830 g/mol. The van der Waals surface area contributed by atoms with Crippen LogP contribution in [0.5, 0.6) is 0 Å². The molecule has 0 spiro atoms. The molecule has 0 saturated carbocycles. The molecule has 13 heteroatoms. The molecule has 0 radical (unpaired) electrons. The fourth-order valence-corrected chi connectivity index (χ4v) is 8.67. The van der Waals surface area contributed by atoms with Gasteiger partial charge in [-0.05, 0) is 88.6 Å². The molecule has 3 N–H and O–H groups in total. The minimum atomic E-state index is -0.536. The number of hydrogen-bond acceptors (Lipinski definition) is 10. The van der Waals surface area contributed by atoms with Crippen molar-refractivity contribution in [2.45, 2.75) is 150 Å². The Morgan fingerprint density at radius 2 is 1.74 bits per heavy atom. The van der Waals surface area contributed by atoms with Crippen LogP contribution in [0.25, 0.3) is 0 Å². The van der Waals surface area contributed by atoms with Gasteiger partial charge in [-0.25, -0.2) is 9.37 Å². The maximum atomic E-state index is 14.7. The highest BCUT2D eigenvalue weighted by Crippen LogP contribution is 2.34. The predicted molar refractivity (Wildman–Crippen MR) is 229 cm³/mol. The summed E-state index contributed by atoms with van der Waals surface area (Å²) in [6.07, 6.45) is 5.78. The molecule has 1 fully saturated rings. The number of nitrogens with two attached hydrogens (primary N) is 1. The van der Waals surface area contributed by atoms with Gasteiger partial charge in [-0.3, -0.25) is 24.1 Å². The number of hydrogen-bond donors (Lipinski definition) is 2. The zero-order valence-electron chi connectivity index (χ0n) is 36.6. The van der Waals surface area contributed by atoms with E-state index in [1.165, 1.54) is 23.5 Å². The molecular weight excluding hydrogens is 758 g/mol. The van der Waals surface area contributed by atoms with E-state index in [-0.39, 0.29) is 66.5 Å². The molecule has 1 aliphatic rings. The smallest absolute Gasteiger partial charge is 0.309 e. The van der Waals surface area contributed by atoms with Crippen molar-refractivity contribution in [1.82, 2.24) is 20.1 Å². The van der Waals surface area contributed by atoms with Gasteiger partial charge in [0, 0.05) is 55.9 Å². The number of nitrogens with one attached hydrogen (secondary N) is 1. The zero-order chi connectivity index (χ0) is 42.9. The number of carbonyl (C=O) groups is 4. The lowest BCUT2D eigenvalue weighted by Gasteiger charge is -2.40. The first kappa shape index (κ1) is 49.1. The van der Waals surface area contributed by atoms with Crippen LogP contribution >= 0.6 is 11.3 Å². The number of likely N-dealkylation sites (tertiary alicyclic amines) is 1. The highest BCUT2D eigenvalue weighted by atomic mass is 32.1. The van der Waals surface area contributed by atoms with Gasteiger partial charge in [-0.15, -0.1) is 11.3 Å². The van der Waals surface area contributed by atoms with Gasteiger partial charge in [0.15, 0.2) is 5.78 Å². The predicted octanol–water partition coefficient (Wildman–Crippen LogP) is 7.77. The van der Waals surface area contributed by atoms with Crippen molar-refractivity contribution in [1.29, 1.82) is 0 Å². The number of esters is 1. The van der Waals surface area contributed by atoms with Crippen LogP contribution in [0.15, 0.2) is 29.6 Å². The largest absolute Gasteiger partial charge is 0.461 e. The van der Waals surface area contributed by atoms with Crippen LogP contribution in [0, 0.1) is 29.5 Å². The molecule has 2 aromatic rings. The van der Waals surface area contributed by atoms with Gasteiger partial charge in [0.25, 0.3) is 5.91 Å². The van der Waals surface area contributed by atoms with Gasteiger partial charge in [0.05, 0.1) is 12.0 Å². The summed E-state index contributed by atoms with van der Waals surface area (Å²) in [6, 6.07) is 5.27. The maximum Gasteiger partial charge on any atom is 0.309 e. The van der Waals surface area contributed by atoms with Crippen molar-refractivity contribution >= 4 is 34.9 Å². The number of aromatic nitrogens is 1. The number of carbonyl (C=O) groups excluding carboxylic acids is 4. The molecule has 326 valence electrons. The van der Waals surface area contributed by atoms with Gasteiger partial charge in [-0.2, -0.15) is 0 Å². The minimum absolute atomic E-state index is 0.0259. The lowest BCUT2D eigenvalue weighted by atomic mass is 9.82. The Morgan fingerprint density at radius 3 is 2.34 bits per heavy atom. The third-order valence-electron chi connectivity index (χ3n) is 11.6. The van der Waals surface area contributed by atoms with Crippen LogP contribution in [-0.4, -0.2) is 95.9 Å². The van der Waals surface area contributed by atoms with E-state index < -0.39 is 42.0 Å². The zero-order valence-corrected chi connectivity index (χ0v) is 37.5. The van der Waals surface area contributed by atoms with Crippen molar-refractivity contribution in [3.8, 4) is 0 Å². The van der Waals surface area contributed by atoms with Crippen molar-refractivity contribution in [2.75, 3.05) is 33.3 Å². The van der Waals surface area contributed by atoms with E-state index in [0.29, 0.717) is 31.0 Å². The summed E-state index contributed by atoms with van der Waals surface area (Å²) in [6.45, 7) is 18.1. The molecule has 1 aromatic heterocycles. The number of Topliss-reactive ketones (excluding diaryl/α,β-unsaturated/α-hetero) is 1. The summed E-state index contributed by atoms with van der Waals surface area (Å²) >= 11 is 1.35. The van der Waals surface area contributed by atoms with E-state index in [2.05, 4.69) is 44.8 Å². The fourth-order valence-electron chi connectivity index (χ4n) is 7.81. The second-order valence-corrected chi connectivity index (χ2v) is 17.7. The van der Waals surface area contributed by atoms with E-state index in [4.69, 9.17) is 20.2 Å². The summed E-state index contributed by atoms with van der Waals surface area (Å²) in [5, 5.41) is 5.44. The van der Waals surface area contributed by atoms with Gasteiger partial charge in [-0.1, -0.05) is 73.4 Å². The molecule has 1 aliphatic heterocycles. The van der Waals surface area contributed by atoms with E-state index >= 15 is 0 Å². The van der Waals surface area contributed by atoms with Crippen LogP contribution in [0.1, 0.15) is 140 Å². The molecule has 3 rings (SSSR count).